The predicted molar refractivity (Wildman–Crippen MR) is 74.3 cm³/mol. The van der Waals surface area contributed by atoms with Crippen LogP contribution in [-0.4, -0.2) is 64.6 Å². The molecule has 0 bridgehead atoms. The Morgan fingerprint density at radius 3 is 2.87 bits per heavy atom. The third-order valence-corrected chi connectivity index (χ3v) is 4.15. The summed E-state index contributed by atoms with van der Waals surface area (Å²) in [4.78, 5) is 20.6. The van der Waals surface area contributed by atoms with Crippen LogP contribution in [0, 0.1) is 0 Å². The van der Waals surface area contributed by atoms with E-state index in [1.807, 2.05) is 0 Å². The Kier molecular flexibility index (Phi) is 3.14. The van der Waals surface area contributed by atoms with Crippen molar-refractivity contribution in [1.29, 1.82) is 0 Å². The molecule has 5 atom stereocenters. The average molecular weight is 325 g/mol. The van der Waals surface area contributed by atoms with Gasteiger partial charge in [-0.1, -0.05) is 0 Å². The Morgan fingerprint density at radius 1 is 1.39 bits per heavy atom. The highest BCUT2D eigenvalue weighted by Gasteiger charge is 2.37. The van der Waals surface area contributed by atoms with Crippen molar-refractivity contribution in [2.45, 2.75) is 37.3 Å². The van der Waals surface area contributed by atoms with Crippen LogP contribution in [-0.2, 0) is 4.74 Å². The van der Waals surface area contributed by atoms with Crippen molar-refractivity contribution >= 4 is 17.1 Å². The highest BCUT2D eigenvalue weighted by molar-refractivity contribution is 5.71. The third kappa shape index (κ3) is 1.98. The second-order valence-electron chi connectivity index (χ2n) is 5.55. The lowest BCUT2D eigenvalue weighted by atomic mass is 10.2. The molecule has 11 heteroatoms. The fourth-order valence-corrected chi connectivity index (χ4v) is 2.94. The Bertz CT molecular complexity index is 818. The van der Waals surface area contributed by atoms with Gasteiger partial charge in [0.25, 0.3) is 5.56 Å². The summed E-state index contributed by atoms with van der Waals surface area (Å²) in [5, 5.41) is 40.9. The van der Waals surface area contributed by atoms with Crippen LogP contribution in [0.3, 0.4) is 0 Å². The van der Waals surface area contributed by atoms with E-state index in [0.29, 0.717) is 0 Å². The van der Waals surface area contributed by atoms with E-state index < -0.39 is 36.5 Å². The number of nitrogens with one attached hydrogen (secondary N) is 1. The molecular weight excluding hydrogens is 310 g/mol. The molecule has 11 nitrogen and oxygen atoms in total. The van der Waals surface area contributed by atoms with Crippen molar-refractivity contribution in [1.82, 2.24) is 19.1 Å². The number of aromatic nitrogens is 4. The van der Waals surface area contributed by atoms with Crippen LogP contribution >= 0.6 is 0 Å². The number of aliphatic hydroxyl groups excluding tert-OH is 4. The van der Waals surface area contributed by atoms with Gasteiger partial charge in [0.2, 0.25) is 5.95 Å². The summed E-state index contributed by atoms with van der Waals surface area (Å²) in [6.45, 7) is -0.324. The SMILES string of the molecule is O=c1c2ncn(C3CC(O)C(CO)O3)c2nc2n1C(O)C(O)N2. The lowest BCUT2D eigenvalue weighted by Crippen LogP contribution is -2.27. The Morgan fingerprint density at radius 2 is 2.17 bits per heavy atom. The van der Waals surface area contributed by atoms with Gasteiger partial charge in [0.1, 0.15) is 12.3 Å². The van der Waals surface area contributed by atoms with Gasteiger partial charge in [-0.3, -0.25) is 9.36 Å². The molecule has 23 heavy (non-hydrogen) atoms. The lowest BCUT2D eigenvalue weighted by molar-refractivity contribution is -0.0432. The van der Waals surface area contributed by atoms with Crippen molar-refractivity contribution in [2.75, 3.05) is 11.9 Å². The Hall–Kier alpha value is -2.05. The first-order valence-corrected chi connectivity index (χ1v) is 7.07. The number of rotatable bonds is 2. The minimum Gasteiger partial charge on any atom is -0.394 e. The molecule has 2 aromatic rings. The second kappa shape index (κ2) is 4.97. The van der Waals surface area contributed by atoms with E-state index >= 15 is 0 Å². The zero-order valence-electron chi connectivity index (χ0n) is 11.8. The van der Waals surface area contributed by atoms with Gasteiger partial charge in [-0.2, -0.15) is 4.98 Å². The molecule has 2 aliphatic rings. The molecule has 0 radical (unpaired) electrons. The van der Waals surface area contributed by atoms with Crippen molar-refractivity contribution < 1.29 is 25.2 Å². The molecule has 0 amide bonds. The van der Waals surface area contributed by atoms with E-state index in [1.165, 1.54) is 10.9 Å². The number of aliphatic hydroxyl groups is 4. The Balaban J connectivity index is 1.81. The van der Waals surface area contributed by atoms with E-state index in [2.05, 4.69) is 15.3 Å². The Labute approximate surface area is 128 Å². The highest BCUT2D eigenvalue weighted by Crippen LogP contribution is 2.31. The molecule has 1 fully saturated rings. The third-order valence-electron chi connectivity index (χ3n) is 4.15. The number of anilines is 1. The van der Waals surface area contributed by atoms with Gasteiger partial charge in [0.15, 0.2) is 23.6 Å². The monoisotopic (exact) mass is 325 g/mol. The molecule has 0 saturated carbocycles. The number of ether oxygens (including phenoxy) is 1. The second-order valence-corrected chi connectivity index (χ2v) is 5.55. The van der Waals surface area contributed by atoms with E-state index in [4.69, 9.17) is 9.84 Å². The van der Waals surface area contributed by atoms with Crippen LogP contribution in [0.5, 0.6) is 0 Å². The molecule has 5 N–H and O–H groups in total. The van der Waals surface area contributed by atoms with Gasteiger partial charge >= 0.3 is 0 Å². The van der Waals surface area contributed by atoms with Crippen molar-refractivity contribution in [2.24, 2.45) is 0 Å². The number of fused-ring (bicyclic) bond motifs is 2. The fourth-order valence-electron chi connectivity index (χ4n) is 2.94. The summed E-state index contributed by atoms with van der Waals surface area (Å²) in [5.41, 5.74) is -0.391. The first kappa shape index (κ1) is 14.5. The average Bonchev–Trinajstić information content (AvgIpc) is 3.17. The zero-order chi connectivity index (χ0) is 16.3. The number of hydrogen-bond donors (Lipinski definition) is 5. The first-order valence-electron chi connectivity index (χ1n) is 7.07. The normalized spacial score (nSPS) is 33.1. The van der Waals surface area contributed by atoms with E-state index in [-0.39, 0.29) is 30.1 Å². The number of imidazole rings is 1. The summed E-state index contributed by atoms with van der Waals surface area (Å²) in [7, 11) is 0. The zero-order valence-corrected chi connectivity index (χ0v) is 11.8. The maximum atomic E-state index is 12.4. The molecule has 124 valence electrons. The van der Waals surface area contributed by atoms with Crippen LogP contribution in [0.4, 0.5) is 5.95 Å². The molecule has 0 aromatic carbocycles. The van der Waals surface area contributed by atoms with E-state index in [0.717, 1.165) is 4.57 Å². The molecule has 1 saturated heterocycles. The van der Waals surface area contributed by atoms with Crippen molar-refractivity contribution in [3.63, 3.8) is 0 Å². The topological polar surface area (TPSA) is 155 Å². The van der Waals surface area contributed by atoms with Gasteiger partial charge in [0, 0.05) is 6.42 Å². The molecule has 2 aliphatic heterocycles. The summed E-state index contributed by atoms with van der Waals surface area (Å²) < 4.78 is 7.93. The molecular formula is C12H15N5O6. The maximum absolute atomic E-state index is 12.4. The quantitative estimate of drug-likeness (QED) is 0.402. The number of hydrogen-bond acceptors (Lipinski definition) is 9. The van der Waals surface area contributed by atoms with E-state index in [1.54, 1.807) is 0 Å². The van der Waals surface area contributed by atoms with Gasteiger partial charge < -0.3 is 30.5 Å². The standard InChI is InChI=1S/C12H15N5O6/c18-2-5-4(19)1-6(23-5)16-3-13-7-8(16)14-12-15-9(20)11(22)17(12)10(7)21/h3-6,9,11,18-20,22H,1-2H2,(H,14,15). The minimum atomic E-state index is -1.44. The predicted octanol–water partition coefficient (Wildman–Crippen LogP) is -2.53. The summed E-state index contributed by atoms with van der Waals surface area (Å²) in [6.07, 6.45) is -3.38. The first-order chi connectivity index (χ1) is 11.0. The van der Waals surface area contributed by atoms with Crippen molar-refractivity contribution in [3.8, 4) is 0 Å². The molecule has 0 aliphatic carbocycles. The van der Waals surface area contributed by atoms with Gasteiger partial charge in [-0.05, 0) is 0 Å². The van der Waals surface area contributed by atoms with E-state index in [9.17, 15) is 20.1 Å². The molecule has 4 heterocycles. The summed E-state index contributed by atoms with van der Waals surface area (Å²) in [6, 6.07) is 0. The maximum Gasteiger partial charge on any atom is 0.285 e. The van der Waals surface area contributed by atoms with Gasteiger partial charge in [-0.25, -0.2) is 9.55 Å². The molecule has 5 unspecified atom stereocenters. The van der Waals surface area contributed by atoms with Crippen LogP contribution in [0.2, 0.25) is 0 Å². The minimum absolute atomic E-state index is 0.00855. The van der Waals surface area contributed by atoms with Crippen LogP contribution in [0.15, 0.2) is 11.1 Å². The molecule has 2 aromatic heterocycles. The van der Waals surface area contributed by atoms with Crippen LogP contribution in [0.1, 0.15) is 18.9 Å². The lowest BCUT2D eigenvalue weighted by Gasteiger charge is -2.14. The van der Waals surface area contributed by atoms with Crippen LogP contribution < -0.4 is 10.9 Å². The molecule has 0 spiro atoms. The smallest absolute Gasteiger partial charge is 0.285 e. The van der Waals surface area contributed by atoms with Crippen LogP contribution in [0.25, 0.3) is 11.2 Å². The summed E-state index contributed by atoms with van der Waals surface area (Å²) in [5.74, 6) is 0.0153. The summed E-state index contributed by atoms with van der Waals surface area (Å²) >= 11 is 0. The highest BCUT2D eigenvalue weighted by atomic mass is 16.5. The van der Waals surface area contributed by atoms with Gasteiger partial charge in [0.05, 0.1) is 19.0 Å². The fraction of sp³-hybridized carbons (Fsp3) is 0.583. The largest absolute Gasteiger partial charge is 0.394 e. The number of nitrogens with zero attached hydrogens (tertiary/aromatic N) is 4. The van der Waals surface area contributed by atoms with Crippen molar-refractivity contribution in [3.05, 3.63) is 16.7 Å². The molecule has 4 rings (SSSR count). The van der Waals surface area contributed by atoms with Gasteiger partial charge in [-0.15, -0.1) is 0 Å².